The summed E-state index contributed by atoms with van der Waals surface area (Å²) >= 11 is 0. The zero-order valence-electron chi connectivity index (χ0n) is 10.4. The number of carbonyl (C=O) groups excluding carboxylic acids is 1. The van der Waals surface area contributed by atoms with Crippen molar-refractivity contribution in [2.45, 2.75) is 13.0 Å². The Morgan fingerprint density at radius 1 is 1.25 bits per heavy atom. The van der Waals surface area contributed by atoms with Gasteiger partial charge in [-0.05, 0) is 6.92 Å². The largest absolute Gasteiger partial charge is 0.461 e. The number of carbonyl (C=O) groups is 1. The van der Waals surface area contributed by atoms with Crippen molar-refractivity contribution in [1.82, 2.24) is 0 Å². The molecule has 16 heavy (non-hydrogen) atoms. The van der Waals surface area contributed by atoms with E-state index in [-0.39, 0.29) is 12.0 Å². The number of esters is 1. The maximum Gasteiger partial charge on any atom is 0.369 e. The van der Waals surface area contributed by atoms with Crippen molar-refractivity contribution in [3.8, 4) is 0 Å². The van der Waals surface area contributed by atoms with Crippen molar-refractivity contribution in [2.24, 2.45) is 0 Å². The first-order valence-corrected chi connectivity index (χ1v) is 5.49. The number of hydrogen-bond acceptors (Lipinski definition) is 2. The number of quaternary nitrogens is 1. The minimum absolute atomic E-state index is 0.166. The minimum Gasteiger partial charge on any atom is -0.461 e. The molecule has 1 unspecified atom stereocenters. The Labute approximate surface area is 97.2 Å². The van der Waals surface area contributed by atoms with Gasteiger partial charge in [-0.1, -0.05) is 30.3 Å². The summed E-state index contributed by atoms with van der Waals surface area (Å²) in [6, 6.07) is 9.49. The average Bonchev–Trinajstić information content (AvgIpc) is 2.17. The van der Waals surface area contributed by atoms with E-state index in [1.807, 2.05) is 58.4 Å². The summed E-state index contributed by atoms with van der Waals surface area (Å²) in [5.41, 5.74) is 0.994. The van der Waals surface area contributed by atoms with Gasteiger partial charge >= 0.3 is 5.97 Å². The number of rotatable bonds is 4. The highest BCUT2D eigenvalue weighted by Crippen LogP contribution is 2.24. The van der Waals surface area contributed by atoms with Crippen LogP contribution in [-0.2, 0) is 9.53 Å². The third-order valence-electron chi connectivity index (χ3n) is 2.40. The van der Waals surface area contributed by atoms with Crippen molar-refractivity contribution < 1.29 is 14.0 Å². The van der Waals surface area contributed by atoms with Gasteiger partial charge in [0.25, 0.3) is 0 Å². The zero-order chi connectivity index (χ0) is 12.2. The van der Waals surface area contributed by atoms with Gasteiger partial charge in [-0.25, -0.2) is 4.79 Å². The molecule has 0 aliphatic rings. The molecule has 3 nitrogen and oxygen atoms in total. The Hall–Kier alpha value is -1.35. The second-order valence-corrected chi connectivity index (χ2v) is 4.68. The van der Waals surface area contributed by atoms with Crippen molar-refractivity contribution in [3.63, 3.8) is 0 Å². The van der Waals surface area contributed by atoms with Crippen LogP contribution in [0.2, 0.25) is 0 Å². The summed E-state index contributed by atoms with van der Waals surface area (Å²) in [5, 5.41) is 0. The highest BCUT2D eigenvalue weighted by Gasteiger charge is 2.34. The number of benzene rings is 1. The first kappa shape index (κ1) is 12.7. The van der Waals surface area contributed by atoms with E-state index in [1.54, 1.807) is 0 Å². The Bertz CT molecular complexity index is 341. The second-order valence-electron chi connectivity index (χ2n) is 4.68. The first-order valence-electron chi connectivity index (χ1n) is 5.49. The Morgan fingerprint density at radius 3 is 2.25 bits per heavy atom. The molecule has 0 amide bonds. The lowest BCUT2D eigenvalue weighted by Gasteiger charge is -2.32. The molecule has 1 aromatic carbocycles. The van der Waals surface area contributed by atoms with Crippen LogP contribution >= 0.6 is 0 Å². The molecule has 3 heteroatoms. The van der Waals surface area contributed by atoms with Crippen molar-refractivity contribution in [3.05, 3.63) is 35.9 Å². The van der Waals surface area contributed by atoms with Gasteiger partial charge in [0.05, 0.1) is 27.7 Å². The normalized spacial score (nSPS) is 13.2. The average molecular weight is 222 g/mol. The van der Waals surface area contributed by atoms with Crippen molar-refractivity contribution in [2.75, 3.05) is 27.7 Å². The van der Waals surface area contributed by atoms with E-state index in [0.717, 1.165) is 5.56 Å². The first-order chi connectivity index (χ1) is 7.46. The summed E-state index contributed by atoms with van der Waals surface area (Å²) < 4.78 is 5.66. The molecule has 1 atom stereocenters. The molecule has 0 bridgehead atoms. The summed E-state index contributed by atoms with van der Waals surface area (Å²) in [4.78, 5) is 12.0. The van der Waals surface area contributed by atoms with Gasteiger partial charge in [0.1, 0.15) is 0 Å². The molecule has 1 rings (SSSR count). The lowest BCUT2D eigenvalue weighted by atomic mass is 10.0. The van der Waals surface area contributed by atoms with Gasteiger partial charge in [0.2, 0.25) is 6.04 Å². The summed E-state index contributed by atoms with van der Waals surface area (Å²) in [6.45, 7) is 2.25. The third-order valence-corrected chi connectivity index (χ3v) is 2.40. The maximum absolute atomic E-state index is 12.0. The molecule has 0 radical (unpaired) electrons. The molecule has 0 heterocycles. The van der Waals surface area contributed by atoms with Crippen LogP contribution < -0.4 is 0 Å². The van der Waals surface area contributed by atoms with E-state index >= 15 is 0 Å². The molecule has 0 N–H and O–H groups in total. The molecule has 88 valence electrons. The number of nitrogens with zero attached hydrogens (tertiary/aromatic N) is 1. The second kappa shape index (κ2) is 5.12. The molecule has 0 saturated carbocycles. The van der Waals surface area contributed by atoms with E-state index in [2.05, 4.69) is 0 Å². The molecule has 0 aliphatic carbocycles. The summed E-state index contributed by atoms with van der Waals surface area (Å²) in [5.74, 6) is -0.166. The van der Waals surface area contributed by atoms with Gasteiger partial charge < -0.3 is 9.22 Å². The topological polar surface area (TPSA) is 26.3 Å². The Balaban J connectivity index is 3.02. The van der Waals surface area contributed by atoms with E-state index < -0.39 is 0 Å². The third kappa shape index (κ3) is 3.07. The number of ether oxygens (including phenoxy) is 1. The molecule has 0 spiro atoms. The maximum atomic E-state index is 12.0. The van der Waals surface area contributed by atoms with Gasteiger partial charge in [-0.3, -0.25) is 0 Å². The van der Waals surface area contributed by atoms with Crippen LogP contribution in [0.15, 0.2) is 30.3 Å². The predicted molar refractivity (Wildman–Crippen MR) is 63.8 cm³/mol. The molecule has 0 aliphatic heterocycles. The van der Waals surface area contributed by atoms with Gasteiger partial charge in [0, 0.05) is 5.56 Å². The van der Waals surface area contributed by atoms with E-state index in [1.165, 1.54) is 0 Å². The highest BCUT2D eigenvalue weighted by atomic mass is 16.5. The van der Waals surface area contributed by atoms with Crippen LogP contribution in [0, 0.1) is 0 Å². The van der Waals surface area contributed by atoms with Crippen molar-refractivity contribution in [1.29, 1.82) is 0 Å². The summed E-state index contributed by atoms with van der Waals surface area (Å²) in [6.07, 6.45) is 0. The minimum atomic E-state index is -0.263. The van der Waals surface area contributed by atoms with E-state index in [9.17, 15) is 4.79 Å². The Morgan fingerprint density at radius 2 is 1.81 bits per heavy atom. The zero-order valence-corrected chi connectivity index (χ0v) is 10.4. The summed E-state index contributed by atoms with van der Waals surface area (Å²) in [7, 11) is 5.98. The Kier molecular flexibility index (Phi) is 4.07. The molecular formula is C13H20NO2+. The fraction of sp³-hybridized carbons (Fsp3) is 0.462. The molecule has 0 saturated heterocycles. The quantitative estimate of drug-likeness (QED) is 0.575. The molecule has 0 aromatic heterocycles. The fourth-order valence-corrected chi connectivity index (χ4v) is 1.76. The van der Waals surface area contributed by atoms with Crippen LogP contribution in [0.25, 0.3) is 0 Å². The number of likely N-dealkylation sites (N-methyl/N-ethyl adjacent to an activating group) is 1. The van der Waals surface area contributed by atoms with Gasteiger partial charge in [-0.15, -0.1) is 0 Å². The van der Waals surface area contributed by atoms with Crippen LogP contribution in [-0.4, -0.2) is 38.2 Å². The smallest absolute Gasteiger partial charge is 0.369 e. The molecular weight excluding hydrogens is 202 g/mol. The molecule has 0 fully saturated rings. The standard InChI is InChI=1S/C13H20NO2/c1-5-16-13(15)12(14(2,3)4)11-9-7-6-8-10-11/h6-10,12H,5H2,1-4H3/q+1. The van der Waals surface area contributed by atoms with E-state index in [0.29, 0.717) is 11.1 Å². The SMILES string of the molecule is CCOC(=O)C(c1ccccc1)[N+](C)(C)C. The fourth-order valence-electron chi connectivity index (χ4n) is 1.76. The van der Waals surface area contributed by atoms with Crippen LogP contribution in [0.3, 0.4) is 0 Å². The lowest BCUT2D eigenvalue weighted by Crippen LogP contribution is -2.43. The van der Waals surface area contributed by atoms with Crippen LogP contribution in [0.5, 0.6) is 0 Å². The molecule has 1 aromatic rings. The predicted octanol–water partition coefficient (Wildman–Crippen LogP) is 2.00. The van der Waals surface area contributed by atoms with Gasteiger partial charge in [-0.2, -0.15) is 0 Å². The van der Waals surface area contributed by atoms with Crippen molar-refractivity contribution >= 4 is 5.97 Å². The lowest BCUT2D eigenvalue weighted by molar-refractivity contribution is -0.893. The van der Waals surface area contributed by atoms with Crippen LogP contribution in [0.1, 0.15) is 18.5 Å². The van der Waals surface area contributed by atoms with E-state index in [4.69, 9.17) is 4.74 Å². The monoisotopic (exact) mass is 222 g/mol. The van der Waals surface area contributed by atoms with Crippen LogP contribution in [0.4, 0.5) is 0 Å². The highest BCUT2D eigenvalue weighted by molar-refractivity contribution is 5.76. The van der Waals surface area contributed by atoms with Gasteiger partial charge in [0.15, 0.2) is 0 Å². The number of hydrogen-bond donors (Lipinski definition) is 0.